The van der Waals surface area contributed by atoms with E-state index in [4.69, 9.17) is 14.3 Å². The predicted molar refractivity (Wildman–Crippen MR) is 61.3 cm³/mol. The van der Waals surface area contributed by atoms with Gasteiger partial charge in [-0.25, -0.2) is 0 Å². The molecule has 0 unspecified atom stereocenters. The fraction of sp³-hybridized carbons (Fsp3) is 0. The van der Waals surface area contributed by atoms with Crippen molar-refractivity contribution in [1.82, 2.24) is 5.16 Å². The van der Waals surface area contributed by atoms with Crippen LogP contribution in [-0.2, 0) is 11.8 Å². The molecule has 1 aromatic carbocycles. The van der Waals surface area contributed by atoms with Gasteiger partial charge in [0.25, 0.3) is 5.88 Å². The molecule has 0 aliphatic carbocycles. The summed E-state index contributed by atoms with van der Waals surface area (Å²) in [6.07, 6.45) is 0. The summed E-state index contributed by atoms with van der Waals surface area (Å²) in [5.74, 6) is 0.436. The van der Waals surface area contributed by atoms with E-state index in [1.807, 2.05) is 30.3 Å². The summed E-state index contributed by atoms with van der Waals surface area (Å²) in [5.41, 5.74) is 0.814. The first-order chi connectivity index (χ1) is 7.54. The zero-order chi connectivity index (χ0) is 11.6. The number of hydrogen-bond acceptors (Lipinski definition) is 4. The molecule has 0 saturated heterocycles. The summed E-state index contributed by atoms with van der Waals surface area (Å²) in [4.78, 5) is 17.9. The zero-order valence-corrected chi connectivity index (χ0v) is 9.69. The van der Waals surface area contributed by atoms with Gasteiger partial charge in [0.2, 0.25) is 0 Å². The maximum Gasteiger partial charge on any atom is 0.376 e. The Morgan fingerprint density at radius 3 is 2.56 bits per heavy atom. The Kier molecular flexibility index (Phi) is 3.07. The monoisotopic (exact) mass is 257 g/mol. The average Bonchev–Trinajstić information content (AvgIpc) is 2.65. The highest BCUT2D eigenvalue weighted by Gasteiger charge is 2.14. The van der Waals surface area contributed by atoms with Gasteiger partial charge in [-0.2, -0.15) is 0 Å². The molecule has 1 heterocycles. The summed E-state index contributed by atoms with van der Waals surface area (Å²) >= 11 is 4.31. The van der Waals surface area contributed by atoms with Crippen LogP contribution in [0, 0.1) is 0 Å². The van der Waals surface area contributed by atoms with Gasteiger partial charge in [-0.05, 0) is 5.16 Å². The zero-order valence-electron chi connectivity index (χ0n) is 7.98. The second-order valence-electron chi connectivity index (χ2n) is 2.98. The third-order valence-electron chi connectivity index (χ3n) is 1.76. The largest absolute Gasteiger partial charge is 0.402 e. The first-order valence-electron chi connectivity index (χ1n) is 4.32. The van der Waals surface area contributed by atoms with E-state index < -0.39 is 6.72 Å². The second kappa shape index (κ2) is 4.35. The molecular formula is C9H8NO4PS. The SMILES string of the molecule is OP(O)(=S)Oc1cc(-c2ccccc2)on1. The molecule has 0 aliphatic rings. The molecule has 5 nitrogen and oxygen atoms in total. The molecule has 0 radical (unpaired) electrons. The van der Waals surface area contributed by atoms with Crippen LogP contribution in [-0.4, -0.2) is 14.9 Å². The highest BCUT2D eigenvalue weighted by molar-refractivity contribution is 8.06. The van der Waals surface area contributed by atoms with E-state index in [2.05, 4.69) is 21.5 Å². The van der Waals surface area contributed by atoms with Crippen molar-refractivity contribution in [3.05, 3.63) is 36.4 Å². The molecule has 2 N–H and O–H groups in total. The van der Waals surface area contributed by atoms with Gasteiger partial charge in [-0.1, -0.05) is 30.3 Å². The van der Waals surface area contributed by atoms with Crippen molar-refractivity contribution in [2.75, 3.05) is 0 Å². The minimum Gasteiger partial charge on any atom is -0.402 e. The van der Waals surface area contributed by atoms with Crippen molar-refractivity contribution in [3.63, 3.8) is 0 Å². The molecule has 0 aliphatic heterocycles. The van der Waals surface area contributed by atoms with Crippen LogP contribution >= 0.6 is 6.72 Å². The molecule has 0 spiro atoms. The molecule has 84 valence electrons. The first-order valence-corrected chi connectivity index (χ1v) is 6.94. The molecule has 0 bridgehead atoms. The second-order valence-corrected chi connectivity index (χ2v) is 5.57. The highest BCUT2D eigenvalue weighted by Crippen LogP contribution is 2.38. The first kappa shape index (κ1) is 11.3. The van der Waals surface area contributed by atoms with E-state index in [-0.39, 0.29) is 5.88 Å². The molecule has 7 heteroatoms. The van der Waals surface area contributed by atoms with Crippen LogP contribution in [0.2, 0.25) is 0 Å². The van der Waals surface area contributed by atoms with Crippen LogP contribution in [0.3, 0.4) is 0 Å². The topological polar surface area (TPSA) is 75.7 Å². The number of aromatic nitrogens is 1. The maximum absolute atomic E-state index is 8.93. The van der Waals surface area contributed by atoms with Crippen LogP contribution in [0.25, 0.3) is 11.3 Å². The molecule has 16 heavy (non-hydrogen) atoms. The highest BCUT2D eigenvalue weighted by atomic mass is 32.5. The third-order valence-corrected chi connectivity index (χ3v) is 2.41. The van der Waals surface area contributed by atoms with Crippen molar-refractivity contribution in [3.8, 4) is 17.2 Å². The Morgan fingerprint density at radius 2 is 1.94 bits per heavy atom. The van der Waals surface area contributed by atoms with Gasteiger partial charge in [0.05, 0.1) is 6.07 Å². The van der Waals surface area contributed by atoms with Crippen LogP contribution in [0.5, 0.6) is 5.88 Å². The molecule has 0 saturated carbocycles. The Hall–Kier alpha value is -1.20. The number of benzene rings is 1. The lowest BCUT2D eigenvalue weighted by Gasteiger charge is -2.04. The number of rotatable bonds is 3. The molecule has 0 fully saturated rings. The fourth-order valence-electron chi connectivity index (χ4n) is 1.16. The fourth-order valence-corrected chi connectivity index (χ4v) is 1.72. The Bertz CT molecular complexity index is 521. The Morgan fingerprint density at radius 1 is 1.25 bits per heavy atom. The van der Waals surface area contributed by atoms with Crippen LogP contribution in [0.15, 0.2) is 40.9 Å². The Labute approximate surface area is 96.5 Å². The van der Waals surface area contributed by atoms with E-state index in [1.165, 1.54) is 6.07 Å². The quantitative estimate of drug-likeness (QED) is 0.818. The lowest BCUT2D eigenvalue weighted by molar-refractivity contribution is 0.341. The maximum atomic E-state index is 8.93. The van der Waals surface area contributed by atoms with Crippen LogP contribution in [0.1, 0.15) is 0 Å². The number of hydrogen-bond donors (Lipinski definition) is 2. The average molecular weight is 257 g/mol. The van der Waals surface area contributed by atoms with Gasteiger partial charge in [0.1, 0.15) is 0 Å². The van der Waals surface area contributed by atoms with E-state index in [9.17, 15) is 0 Å². The third kappa shape index (κ3) is 2.90. The van der Waals surface area contributed by atoms with Crippen molar-refractivity contribution in [2.45, 2.75) is 0 Å². The summed E-state index contributed by atoms with van der Waals surface area (Å²) < 4.78 is 9.61. The molecule has 0 amide bonds. The van der Waals surface area contributed by atoms with E-state index in [1.54, 1.807) is 0 Å². The van der Waals surface area contributed by atoms with Gasteiger partial charge < -0.3 is 18.8 Å². The smallest absolute Gasteiger partial charge is 0.376 e. The van der Waals surface area contributed by atoms with Gasteiger partial charge >= 0.3 is 6.72 Å². The summed E-state index contributed by atoms with van der Waals surface area (Å²) in [7, 11) is 0. The summed E-state index contributed by atoms with van der Waals surface area (Å²) in [6, 6.07) is 10.7. The Balaban J connectivity index is 2.24. The van der Waals surface area contributed by atoms with E-state index in [0.717, 1.165) is 5.56 Å². The van der Waals surface area contributed by atoms with Crippen molar-refractivity contribution >= 4 is 18.5 Å². The van der Waals surface area contributed by atoms with Crippen LogP contribution < -0.4 is 4.52 Å². The van der Waals surface area contributed by atoms with Crippen molar-refractivity contribution in [2.24, 2.45) is 0 Å². The molecule has 2 rings (SSSR count). The minimum atomic E-state index is -3.76. The minimum absolute atomic E-state index is 0.0350. The van der Waals surface area contributed by atoms with Gasteiger partial charge in [0.15, 0.2) is 5.76 Å². The molecule has 1 aromatic heterocycles. The summed E-state index contributed by atoms with van der Waals surface area (Å²) in [5, 5.41) is 3.52. The van der Waals surface area contributed by atoms with Crippen molar-refractivity contribution in [1.29, 1.82) is 0 Å². The standard InChI is InChI=1S/C9H8NO4PS/c11-15(12,16)14-9-6-8(13-10-9)7-4-2-1-3-5-7/h1-6H,(H2,11,12,16). The van der Waals surface area contributed by atoms with Crippen LogP contribution in [0.4, 0.5) is 0 Å². The van der Waals surface area contributed by atoms with Gasteiger partial charge in [-0.15, -0.1) is 0 Å². The number of nitrogens with zero attached hydrogens (tertiary/aromatic N) is 1. The van der Waals surface area contributed by atoms with Crippen molar-refractivity contribution < 1.29 is 18.8 Å². The molecule has 0 atom stereocenters. The summed E-state index contributed by atoms with van der Waals surface area (Å²) in [6.45, 7) is -3.76. The van der Waals surface area contributed by atoms with E-state index >= 15 is 0 Å². The normalized spacial score (nSPS) is 11.4. The van der Waals surface area contributed by atoms with Gasteiger partial charge in [0, 0.05) is 17.4 Å². The van der Waals surface area contributed by atoms with E-state index in [0.29, 0.717) is 5.76 Å². The lowest BCUT2D eigenvalue weighted by atomic mass is 10.2. The lowest BCUT2D eigenvalue weighted by Crippen LogP contribution is -1.88. The molecular weight excluding hydrogens is 249 g/mol. The van der Waals surface area contributed by atoms with Gasteiger partial charge in [-0.3, -0.25) is 0 Å². The molecule has 2 aromatic rings. The predicted octanol–water partition coefficient (Wildman–Crippen LogP) is 1.93.